The van der Waals surface area contributed by atoms with E-state index in [9.17, 15) is 10.1 Å². The van der Waals surface area contributed by atoms with E-state index in [1.54, 1.807) is 0 Å². The molecule has 152 valence electrons. The minimum absolute atomic E-state index is 0.103. The zero-order chi connectivity index (χ0) is 21.1. The molecule has 0 unspecified atom stereocenters. The Bertz CT molecular complexity index is 1100. The molecule has 0 atom stereocenters. The summed E-state index contributed by atoms with van der Waals surface area (Å²) in [5.41, 5.74) is 5.20. The third-order valence-corrected chi connectivity index (χ3v) is 6.76. The predicted molar refractivity (Wildman–Crippen MR) is 124 cm³/mol. The van der Waals surface area contributed by atoms with Crippen molar-refractivity contribution >= 4 is 34.9 Å². The number of nitrogens with one attached hydrogen (secondary N) is 1. The topological polar surface area (TPSA) is 56.1 Å². The Morgan fingerprint density at radius 2 is 1.87 bits per heavy atom. The summed E-state index contributed by atoms with van der Waals surface area (Å²) in [6.45, 7) is 4.71. The quantitative estimate of drug-likeness (QED) is 0.560. The fourth-order valence-electron chi connectivity index (χ4n) is 3.72. The summed E-state index contributed by atoms with van der Waals surface area (Å²) in [5.74, 6) is -0.103. The molecule has 0 bridgehead atoms. The summed E-state index contributed by atoms with van der Waals surface area (Å²) in [4.78, 5) is 17.0. The van der Waals surface area contributed by atoms with E-state index in [1.807, 2.05) is 24.3 Å². The second-order valence-corrected chi connectivity index (χ2v) is 9.28. The van der Waals surface area contributed by atoms with Crippen LogP contribution in [0.1, 0.15) is 32.7 Å². The highest BCUT2D eigenvalue weighted by molar-refractivity contribution is 7.80. The fourth-order valence-corrected chi connectivity index (χ4v) is 5.13. The molecule has 0 spiro atoms. The van der Waals surface area contributed by atoms with E-state index in [1.165, 1.54) is 27.3 Å². The van der Waals surface area contributed by atoms with Gasteiger partial charge in [-0.1, -0.05) is 42.0 Å². The van der Waals surface area contributed by atoms with E-state index < -0.39 is 0 Å². The molecule has 4 nitrogen and oxygen atoms in total. The van der Waals surface area contributed by atoms with Crippen molar-refractivity contribution in [3.63, 3.8) is 0 Å². The number of amides is 1. The Hall–Kier alpha value is -2.59. The molecule has 0 aliphatic carbocycles. The smallest absolute Gasteiger partial charge is 0.229 e. The number of carbonyl (C=O) groups is 1. The van der Waals surface area contributed by atoms with Gasteiger partial charge < -0.3 is 5.32 Å². The van der Waals surface area contributed by atoms with Crippen LogP contribution in [0.5, 0.6) is 0 Å². The lowest BCUT2D eigenvalue weighted by Crippen LogP contribution is -2.29. The van der Waals surface area contributed by atoms with E-state index in [4.69, 9.17) is 0 Å². The van der Waals surface area contributed by atoms with Crippen LogP contribution in [0.15, 0.2) is 53.4 Å². The summed E-state index contributed by atoms with van der Waals surface area (Å²) in [7, 11) is 0. The number of benzene rings is 2. The Labute approximate surface area is 186 Å². The lowest BCUT2D eigenvalue weighted by Gasteiger charge is -2.26. The monoisotopic (exact) mass is 433 g/mol. The lowest BCUT2D eigenvalue weighted by molar-refractivity contribution is -0.115. The van der Waals surface area contributed by atoms with Crippen LogP contribution in [0.3, 0.4) is 0 Å². The van der Waals surface area contributed by atoms with E-state index in [0.29, 0.717) is 10.6 Å². The Balaban J connectivity index is 1.45. The Morgan fingerprint density at radius 3 is 2.57 bits per heavy atom. The van der Waals surface area contributed by atoms with Gasteiger partial charge in [-0.2, -0.15) is 5.26 Å². The van der Waals surface area contributed by atoms with Gasteiger partial charge in [0, 0.05) is 29.4 Å². The van der Waals surface area contributed by atoms with Crippen molar-refractivity contribution in [2.75, 3.05) is 11.9 Å². The maximum Gasteiger partial charge on any atom is 0.229 e. The molecule has 1 amide bonds. The molecule has 30 heavy (non-hydrogen) atoms. The summed E-state index contributed by atoms with van der Waals surface area (Å²) in [6, 6.07) is 18.5. The summed E-state index contributed by atoms with van der Waals surface area (Å²) >= 11 is 5.81. The number of aryl methyl sites for hydroxylation is 1. The van der Waals surface area contributed by atoms with Gasteiger partial charge in [0.15, 0.2) is 0 Å². The van der Waals surface area contributed by atoms with Gasteiger partial charge >= 0.3 is 0 Å². The Morgan fingerprint density at radius 1 is 1.17 bits per heavy atom. The summed E-state index contributed by atoms with van der Waals surface area (Å²) in [5, 5.41) is 13.4. The first-order valence-corrected chi connectivity index (χ1v) is 11.2. The van der Waals surface area contributed by atoms with Gasteiger partial charge in [-0.05, 0) is 42.2 Å². The number of hydrogen-bond donors (Lipinski definition) is 2. The molecule has 0 fully saturated rings. The number of anilines is 1. The first kappa shape index (κ1) is 20.7. The largest absolute Gasteiger partial charge is 0.316 e. The average molecular weight is 434 g/mol. The zero-order valence-electron chi connectivity index (χ0n) is 16.8. The standard InChI is InChI=1S/C24H23N3OS2/c1-16-2-4-18(5-3-16)14-27-11-10-20-21(13-25)24(30-22(20)15-27)26-23(28)12-17-6-8-19(29)9-7-17/h2-9,29H,10-12,14-15H2,1H3,(H,26,28). The first-order chi connectivity index (χ1) is 14.5. The van der Waals surface area contributed by atoms with Crippen LogP contribution in [0.2, 0.25) is 0 Å². The molecule has 0 radical (unpaired) electrons. The van der Waals surface area contributed by atoms with Gasteiger partial charge in [-0.3, -0.25) is 9.69 Å². The van der Waals surface area contributed by atoms with Crippen molar-refractivity contribution in [2.45, 2.75) is 37.8 Å². The molecule has 1 N–H and O–H groups in total. The fraction of sp³-hybridized carbons (Fsp3) is 0.250. The molecule has 0 saturated heterocycles. The molecule has 1 aliphatic heterocycles. The van der Waals surface area contributed by atoms with Crippen LogP contribution in [-0.2, 0) is 30.7 Å². The van der Waals surface area contributed by atoms with Crippen molar-refractivity contribution in [1.82, 2.24) is 4.90 Å². The summed E-state index contributed by atoms with van der Waals surface area (Å²) in [6.07, 6.45) is 1.11. The SMILES string of the molecule is Cc1ccc(CN2CCc3c(sc(NC(=O)Cc4ccc(S)cc4)c3C#N)C2)cc1. The second-order valence-electron chi connectivity index (χ2n) is 7.66. The molecule has 0 saturated carbocycles. The van der Waals surface area contributed by atoms with E-state index in [0.717, 1.165) is 42.1 Å². The maximum absolute atomic E-state index is 12.5. The first-order valence-electron chi connectivity index (χ1n) is 9.92. The number of nitriles is 1. The zero-order valence-corrected chi connectivity index (χ0v) is 18.5. The molecular formula is C24H23N3OS2. The third-order valence-electron chi connectivity index (χ3n) is 5.33. The molecule has 3 aromatic rings. The van der Waals surface area contributed by atoms with E-state index in [2.05, 4.69) is 60.1 Å². The van der Waals surface area contributed by atoms with Crippen LogP contribution in [0.25, 0.3) is 0 Å². The summed E-state index contributed by atoms with van der Waals surface area (Å²) < 4.78 is 0. The number of rotatable bonds is 5. The number of thiophene rings is 1. The van der Waals surface area contributed by atoms with Crippen LogP contribution in [0.4, 0.5) is 5.00 Å². The molecule has 1 aliphatic rings. The minimum atomic E-state index is -0.103. The van der Waals surface area contributed by atoms with Crippen molar-refractivity contribution < 1.29 is 4.79 Å². The molecule has 6 heteroatoms. The predicted octanol–water partition coefficient (Wildman–Crippen LogP) is 4.96. The van der Waals surface area contributed by atoms with Crippen molar-refractivity contribution in [1.29, 1.82) is 5.26 Å². The molecule has 2 aromatic carbocycles. The highest BCUT2D eigenvalue weighted by Crippen LogP contribution is 2.37. The lowest BCUT2D eigenvalue weighted by atomic mass is 10.0. The molecule has 2 heterocycles. The number of fused-ring (bicyclic) bond motifs is 1. The van der Waals surface area contributed by atoms with Crippen molar-refractivity contribution in [3.8, 4) is 6.07 Å². The Kier molecular flexibility index (Phi) is 6.24. The van der Waals surface area contributed by atoms with Crippen LogP contribution < -0.4 is 5.32 Å². The van der Waals surface area contributed by atoms with Crippen LogP contribution in [-0.4, -0.2) is 17.4 Å². The highest BCUT2D eigenvalue weighted by Gasteiger charge is 2.25. The average Bonchev–Trinajstić information content (AvgIpc) is 3.07. The van der Waals surface area contributed by atoms with Gasteiger partial charge in [0.05, 0.1) is 12.0 Å². The second kappa shape index (κ2) is 9.05. The number of carbonyl (C=O) groups excluding carboxylic acids is 1. The van der Waals surface area contributed by atoms with Gasteiger partial charge in [0.25, 0.3) is 0 Å². The van der Waals surface area contributed by atoms with Gasteiger partial charge in [0.2, 0.25) is 5.91 Å². The number of nitrogens with zero attached hydrogens (tertiary/aromatic N) is 2. The van der Waals surface area contributed by atoms with Crippen LogP contribution >= 0.6 is 24.0 Å². The van der Waals surface area contributed by atoms with E-state index in [-0.39, 0.29) is 12.3 Å². The third kappa shape index (κ3) is 4.76. The minimum Gasteiger partial charge on any atom is -0.316 e. The van der Waals surface area contributed by atoms with Gasteiger partial charge in [-0.25, -0.2) is 0 Å². The van der Waals surface area contributed by atoms with Crippen molar-refractivity contribution in [3.05, 3.63) is 81.2 Å². The molecule has 4 rings (SSSR count). The van der Waals surface area contributed by atoms with E-state index >= 15 is 0 Å². The molecular weight excluding hydrogens is 410 g/mol. The van der Waals surface area contributed by atoms with Gasteiger partial charge in [0.1, 0.15) is 11.1 Å². The molecule has 1 aromatic heterocycles. The maximum atomic E-state index is 12.5. The van der Waals surface area contributed by atoms with Gasteiger partial charge in [-0.15, -0.1) is 24.0 Å². The van der Waals surface area contributed by atoms with Crippen LogP contribution in [0, 0.1) is 18.3 Å². The van der Waals surface area contributed by atoms with Crippen molar-refractivity contribution in [2.24, 2.45) is 0 Å². The number of thiol groups is 1. The highest BCUT2D eigenvalue weighted by atomic mass is 32.1. The normalized spacial score (nSPS) is 13.5. The number of hydrogen-bond acceptors (Lipinski definition) is 5.